The van der Waals surface area contributed by atoms with Crippen LogP contribution in [0.1, 0.15) is 20.3 Å². The van der Waals surface area contributed by atoms with Crippen molar-refractivity contribution < 1.29 is 17.9 Å². The third-order valence-electron chi connectivity index (χ3n) is 1.66. The standard InChI is InChI=1S/C9H14F3N5O/c1-5(2)18-8-16-6(13)15-7(17-8)14-4-3-9(10,11)12/h5H,3-4H2,1-2H3,(H3,13,14,15,16,17). The second-order valence-corrected chi connectivity index (χ2v) is 3.76. The third kappa shape index (κ3) is 5.51. The molecule has 1 heterocycles. The van der Waals surface area contributed by atoms with Crippen LogP contribution in [0.25, 0.3) is 0 Å². The third-order valence-corrected chi connectivity index (χ3v) is 1.66. The van der Waals surface area contributed by atoms with Crippen LogP contribution in [0.4, 0.5) is 25.1 Å². The molecule has 0 spiro atoms. The lowest BCUT2D eigenvalue weighted by atomic mass is 10.4. The Bertz CT molecular complexity index is 396. The molecule has 0 aliphatic rings. The zero-order valence-corrected chi connectivity index (χ0v) is 9.95. The Morgan fingerprint density at radius 2 is 1.94 bits per heavy atom. The van der Waals surface area contributed by atoms with Crippen molar-refractivity contribution in [3.05, 3.63) is 0 Å². The number of nitrogen functional groups attached to an aromatic ring is 1. The number of rotatable bonds is 5. The summed E-state index contributed by atoms with van der Waals surface area (Å²) in [5.41, 5.74) is 5.39. The van der Waals surface area contributed by atoms with Crippen molar-refractivity contribution >= 4 is 11.9 Å². The van der Waals surface area contributed by atoms with Crippen molar-refractivity contribution in [3.63, 3.8) is 0 Å². The molecule has 1 rings (SSSR count). The number of hydrogen-bond acceptors (Lipinski definition) is 6. The highest BCUT2D eigenvalue weighted by molar-refractivity contribution is 5.32. The maximum atomic E-state index is 11.9. The minimum absolute atomic E-state index is 0.0213. The van der Waals surface area contributed by atoms with E-state index in [-0.39, 0.29) is 30.6 Å². The molecule has 0 atom stereocenters. The van der Waals surface area contributed by atoms with Gasteiger partial charge in [0.05, 0.1) is 12.5 Å². The van der Waals surface area contributed by atoms with E-state index in [0.29, 0.717) is 0 Å². The van der Waals surface area contributed by atoms with Crippen LogP contribution in [0.3, 0.4) is 0 Å². The molecule has 0 fully saturated rings. The van der Waals surface area contributed by atoms with E-state index in [4.69, 9.17) is 10.5 Å². The molecule has 1 aromatic heterocycles. The summed E-state index contributed by atoms with van der Waals surface area (Å²) in [6.45, 7) is 3.18. The number of nitrogens with zero attached hydrogens (tertiary/aromatic N) is 3. The maximum Gasteiger partial charge on any atom is 0.390 e. The van der Waals surface area contributed by atoms with Gasteiger partial charge in [-0.05, 0) is 13.8 Å². The van der Waals surface area contributed by atoms with E-state index in [0.717, 1.165) is 0 Å². The Morgan fingerprint density at radius 3 is 2.50 bits per heavy atom. The van der Waals surface area contributed by atoms with Crippen LogP contribution in [0.2, 0.25) is 0 Å². The number of anilines is 2. The zero-order valence-electron chi connectivity index (χ0n) is 9.95. The van der Waals surface area contributed by atoms with Crippen molar-refractivity contribution in [1.82, 2.24) is 15.0 Å². The van der Waals surface area contributed by atoms with Gasteiger partial charge in [0.1, 0.15) is 0 Å². The molecule has 0 aliphatic heterocycles. The van der Waals surface area contributed by atoms with Crippen LogP contribution in [-0.4, -0.2) is 33.8 Å². The lowest BCUT2D eigenvalue weighted by Crippen LogP contribution is -2.17. The summed E-state index contributed by atoms with van der Waals surface area (Å²) in [6, 6.07) is -0.0213. The molecule has 0 saturated heterocycles. The molecule has 0 bridgehead atoms. The molecule has 1 aromatic rings. The van der Waals surface area contributed by atoms with Crippen LogP contribution in [-0.2, 0) is 0 Å². The lowest BCUT2D eigenvalue weighted by Gasteiger charge is -2.10. The van der Waals surface area contributed by atoms with E-state index in [1.807, 2.05) is 0 Å². The molecule has 0 aromatic carbocycles. The van der Waals surface area contributed by atoms with E-state index in [1.165, 1.54) is 0 Å². The Balaban J connectivity index is 2.62. The van der Waals surface area contributed by atoms with Crippen molar-refractivity contribution in [2.75, 3.05) is 17.6 Å². The summed E-state index contributed by atoms with van der Waals surface area (Å²) < 4.78 is 41.0. The second kappa shape index (κ2) is 5.69. The number of nitrogens with two attached hydrogens (primary N) is 1. The first-order valence-corrected chi connectivity index (χ1v) is 5.25. The van der Waals surface area contributed by atoms with Gasteiger partial charge >= 0.3 is 12.2 Å². The SMILES string of the molecule is CC(C)Oc1nc(N)nc(NCCC(F)(F)F)n1. The molecule has 0 radical (unpaired) electrons. The molecule has 3 N–H and O–H groups in total. The lowest BCUT2D eigenvalue weighted by molar-refractivity contribution is -0.131. The van der Waals surface area contributed by atoms with Gasteiger partial charge in [-0.2, -0.15) is 28.1 Å². The molecule has 0 amide bonds. The van der Waals surface area contributed by atoms with Gasteiger partial charge in [-0.25, -0.2) is 0 Å². The first kappa shape index (κ1) is 14.3. The topological polar surface area (TPSA) is 86.0 Å². The smallest absolute Gasteiger partial charge is 0.390 e. The van der Waals surface area contributed by atoms with Crippen LogP contribution < -0.4 is 15.8 Å². The van der Waals surface area contributed by atoms with Gasteiger partial charge in [0, 0.05) is 6.54 Å². The van der Waals surface area contributed by atoms with Crippen molar-refractivity contribution in [2.24, 2.45) is 0 Å². The fourth-order valence-corrected chi connectivity index (χ4v) is 1.03. The van der Waals surface area contributed by atoms with Gasteiger partial charge in [-0.15, -0.1) is 0 Å². The predicted molar refractivity (Wildman–Crippen MR) is 59.2 cm³/mol. The van der Waals surface area contributed by atoms with Crippen molar-refractivity contribution in [2.45, 2.75) is 32.5 Å². The first-order chi connectivity index (χ1) is 8.26. The minimum Gasteiger partial charge on any atom is -0.461 e. The van der Waals surface area contributed by atoms with Gasteiger partial charge in [-0.1, -0.05) is 0 Å². The molecule has 0 saturated carbocycles. The average molecular weight is 265 g/mol. The number of aromatic nitrogens is 3. The Morgan fingerprint density at radius 1 is 1.28 bits per heavy atom. The van der Waals surface area contributed by atoms with Gasteiger partial charge in [-0.3, -0.25) is 0 Å². The van der Waals surface area contributed by atoms with E-state index >= 15 is 0 Å². The summed E-state index contributed by atoms with van der Waals surface area (Å²) in [5, 5.41) is 2.41. The molecule has 18 heavy (non-hydrogen) atoms. The van der Waals surface area contributed by atoms with E-state index in [2.05, 4.69) is 20.3 Å². The Labute approximate surface area is 102 Å². The van der Waals surface area contributed by atoms with Crippen LogP contribution >= 0.6 is 0 Å². The molecule has 0 aliphatic carbocycles. The fraction of sp³-hybridized carbons (Fsp3) is 0.667. The van der Waals surface area contributed by atoms with E-state index in [1.54, 1.807) is 13.8 Å². The summed E-state index contributed by atoms with van der Waals surface area (Å²) in [6.07, 6.45) is -5.39. The normalized spacial score (nSPS) is 11.7. The zero-order chi connectivity index (χ0) is 13.8. The quantitative estimate of drug-likeness (QED) is 0.841. The number of hydrogen-bond donors (Lipinski definition) is 2. The highest BCUT2D eigenvalue weighted by Crippen LogP contribution is 2.19. The van der Waals surface area contributed by atoms with Crippen molar-refractivity contribution in [1.29, 1.82) is 0 Å². The summed E-state index contributed by atoms with van der Waals surface area (Å²) in [5.74, 6) is -0.155. The van der Waals surface area contributed by atoms with Gasteiger partial charge in [0.25, 0.3) is 0 Å². The highest BCUT2D eigenvalue weighted by Gasteiger charge is 2.26. The number of nitrogens with one attached hydrogen (secondary N) is 1. The van der Waals surface area contributed by atoms with Gasteiger partial charge in [0.2, 0.25) is 11.9 Å². The molecular weight excluding hydrogens is 251 g/mol. The van der Waals surface area contributed by atoms with Crippen LogP contribution in [0.5, 0.6) is 6.01 Å². The van der Waals surface area contributed by atoms with Crippen LogP contribution in [0.15, 0.2) is 0 Å². The molecule has 9 heteroatoms. The van der Waals surface area contributed by atoms with Gasteiger partial charge in [0.15, 0.2) is 0 Å². The largest absolute Gasteiger partial charge is 0.461 e. The highest BCUT2D eigenvalue weighted by atomic mass is 19.4. The maximum absolute atomic E-state index is 11.9. The second-order valence-electron chi connectivity index (χ2n) is 3.76. The molecule has 6 nitrogen and oxygen atoms in total. The Kier molecular flexibility index (Phi) is 4.51. The number of halogens is 3. The van der Waals surface area contributed by atoms with Crippen LogP contribution in [0, 0.1) is 0 Å². The molecular formula is C9H14F3N5O. The first-order valence-electron chi connectivity index (χ1n) is 5.25. The Hall–Kier alpha value is -1.80. The van der Waals surface area contributed by atoms with E-state index in [9.17, 15) is 13.2 Å². The van der Waals surface area contributed by atoms with Crippen molar-refractivity contribution in [3.8, 4) is 6.01 Å². The number of alkyl halides is 3. The molecule has 0 unspecified atom stereocenters. The predicted octanol–water partition coefficient (Wildman–Crippen LogP) is 1.61. The summed E-state index contributed by atoms with van der Waals surface area (Å²) >= 11 is 0. The monoisotopic (exact) mass is 265 g/mol. The minimum atomic E-state index is -4.23. The number of ether oxygens (including phenoxy) is 1. The molecule has 102 valence electrons. The van der Waals surface area contributed by atoms with E-state index < -0.39 is 12.6 Å². The average Bonchev–Trinajstić information content (AvgIpc) is 2.12. The van der Waals surface area contributed by atoms with Gasteiger partial charge < -0.3 is 15.8 Å². The summed E-state index contributed by atoms with van der Waals surface area (Å²) in [7, 11) is 0. The fourth-order valence-electron chi connectivity index (χ4n) is 1.03. The summed E-state index contributed by atoms with van der Waals surface area (Å²) in [4.78, 5) is 11.2.